The van der Waals surface area contributed by atoms with Gasteiger partial charge in [-0.1, -0.05) is 224 Å². The van der Waals surface area contributed by atoms with Crippen molar-refractivity contribution in [1.29, 1.82) is 0 Å². The van der Waals surface area contributed by atoms with E-state index in [0.717, 1.165) is 141 Å². The lowest BCUT2D eigenvalue weighted by atomic mass is 10.1. The van der Waals surface area contributed by atoms with Gasteiger partial charge in [0.25, 0.3) is 6.29 Å². The Kier molecular flexibility index (Phi) is 53.8. The van der Waals surface area contributed by atoms with Crippen LogP contribution < -0.4 is 0 Å². The van der Waals surface area contributed by atoms with Gasteiger partial charge in [-0.05, 0) is 116 Å². The van der Waals surface area contributed by atoms with Crippen molar-refractivity contribution in [3.05, 3.63) is 146 Å². The highest BCUT2D eigenvalue weighted by Gasteiger charge is 2.25. The molecule has 2 atom stereocenters. The number of carboxylic acids is 1. The van der Waals surface area contributed by atoms with Crippen molar-refractivity contribution in [3.63, 3.8) is 0 Å². The zero-order valence-corrected chi connectivity index (χ0v) is 49.3. The molecule has 0 aromatic heterocycles. The van der Waals surface area contributed by atoms with Gasteiger partial charge in [0.2, 0.25) is 0 Å². The van der Waals surface area contributed by atoms with Gasteiger partial charge in [0.05, 0.1) is 34.4 Å². The van der Waals surface area contributed by atoms with Crippen molar-refractivity contribution in [2.24, 2.45) is 0 Å². The summed E-state index contributed by atoms with van der Waals surface area (Å²) >= 11 is 0. The molecule has 0 amide bonds. The van der Waals surface area contributed by atoms with Crippen LogP contribution in [-0.4, -0.2) is 87.4 Å². The summed E-state index contributed by atoms with van der Waals surface area (Å²) in [5.74, 6) is -2.05. The maximum absolute atomic E-state index is 12.9. The quantitative estimate of drug-likeness (QED) is 0.0211. The topological polar surface area (TPSA) is 108 Å². The molecule has 0 heterocycles. The Hall–Kier alpha value is -4.83. The lowest BCUT2D eigenvalue weighted by Gasteiger charge is -2.25. The average molecular weight is 1070 g/mol. The Morgan fingerprint density at radius 3 is 1.10 bits per heavy atom. The lowest BCUT2D eigenvalue weighted by Crippen LogP contribution is -2.40. The second kappa shape index (κ2) is 57.3. The van der Waals surface area contributed by atoms with Crippen molar-refractivity contribution in [1.82, 2.24) is 0 Å². The number of ether oxygens (including phenoxy) is 4. The second-order valence-corrected chi connectivity index (χ2v) is 20.6. The highest BCUT2D eigenvalue weighted by molar-refractivity contribution is 5.71. The number of hydrogen-bond acceptors (Lipinski definition) is 7. The molecular weight excluding hydrogens is 959 g/mol. The van der Waals surface area contributed by atoms with Crippen LogP contribution in [0.25, 0.3) is 0 Å². The first-order chi connectivity index (χ1) is 37.6. The molecule has 0 aromatic rings. The number of carbonyl (C=O) groups excluding carboxylic acids is 2. The van der Waals surface area contributed by atoms with Gasteiger partial charge < -0.3 is 28.5 Å². The Morgan fingerprint density at radius 2 is 0.740 bits per heavy atom. The number of carbonyl (C=O) groups is 3. The van der Waals surface area contributed by atoms with Crippen molar-refractivity contribution in [2.45, 2.75) is 219 Å². The van der Waals surface area contributed by atoms with E-state index in [2.05, 4.69) is 160 Å². The molecule has 0 aromatic carbocycles. The Balaban J connectivity index is 4.19. The first-order valence-corrected chi connectivity index (χ1v) is 30.0. The van der Waals surface area contributed by atoms with E-state index in [9.17, 15) is 19.5 Å². The van der Waals surface area contributed by atoms with Gasteiger partial charge in [-0.2, -0.15) is 0 Å². The number of aliphatic carboxylic acids is 1. The van der Waals surface area contributed by atoms with Gasteiger partial charge in [-0.25, -0.2) is 4.79 Å². The second-order valence-electron chi connectivity index (χ2n) is 20.6. The van der Waals surface area contributed by atoms with E-state index in [-0.39, 0.29) is 38.6 Å². The van der Waals surface area contributed by atoms with Gasteiger partial charge in [0.1, 0.15) is 13.2 Å². The largest absolute Gasteiger partial charge is 0.477 e. The maximum Gasteiger partial charge on any atom is 0.361 e. The van der Waals surface area contributed by atoms with Crippen LogP contribution in [-0.2, 0) is 33.3 Å². The molecule has 434 valence electrons. The summed E-state index contributed by atoms with van der Waals surface area (Å²) < 4.78 is 22.8. The van der Waals surface area contributed by atoms with E-state index in [0.29, 0.717) is 17.4 Å². The van der Waals surface area contributed by atoms with E-state index in [4.69, 9.17) is 18.9 Å². The minimum Gasteiger partial charge on any atom is -0.477 e. The van der Waals surface area contributed by atoms with Gasteiger partial charge in [0.15, 0.2) is 6.10 Å². The molecule has 0 spiro atoms. The van der Waals surface area contributed by atoms with Crippen LogP contribution in [0, 0.1) is 0 Å². The minimum absolute atomic E-state index is 0.176. The number of unbranched alkanes of at least 4 members (excludes halogenated alkanes) is 14. The normalized spacial score (nSPS) is 13.8. The third kappa shape index (κ3) is 58.7. The highest BCUT2D eigenvalue weighted by atomic mass is 16.7. The van der Waals surface area contributed by atoms with Crippen LogP contribution in [0.3, 0.4) is 0 Å². The molecular formula is C68H110NO8+. The fourth-order valence-electron chi connectivity index (χ4n) is 7.49. The predicted molar refractivity (Wildman–Crippen MR) is 327 cm³/mol. The van der Waals surface area contributed by atoms with E-state index >= 15 is 0 Å². The number of allylic oxidation sites excluding steroid dienone is 24. The van der Waals surface area contributed by atoms with Crippen LogP contribution in [0.2, 0.25) is 0 Å². The molecule has 0 aliphatic heterocycles. The van der Waals surface area contributed by atoms with Crippen LogP contribution in [0.5, 0.6) is 0 Å². The number of likely N-dealkylation sites (N-methyl/N-ethyl adjacent to an activating group) is 1. The summed E-state index contributed by atoms with van der Waals surface area (Å²) in [7, 11) is 5.94. The third-order valence-corrected chi connectivity index (χ3v) is 12.1. The molecule has 0 aliphatic carbocycles. The average Bonchev–Trinajstić information content (AvgIpc) is 3.40. The molecule has 0 aliphatic rings. The summed E-state index contributed by atoms with van der Waals surface area (Å²) in [5.41, 5.74) is 0. The van der Waals surface area contributed by atoms with Gasteiger partial charge in [0, 0.05) is 12.8 Å². The lowest BCUT2D eigenvalue weighted by molar-refractivity contribution is -0.870. The van der Waals surface area contributed by atoms with E-state index in [1.165, 1.54) is 32.1 Å². The first-order valence-electron chi connectivity index (χ1n) is 30.0. The zero-order valence-electron chi connectivity index (χ0n) is 49.3. The summed E-state index contributed by atoms with van der Waals surface area (Å²) in [6.45, 7) is 4.64. The number of carboxylic acid groups (broad SMARTS) is 1. The van der Waals surface area contributed by atoms with E-state index in [1.54, 1.807) is 0 Å². The monoisotopic (exact) mass is 1070 g/mol. The molecule has 77 heavy (non-hydrogen) atoms. The van der Waals surface area contributed by atoms with Gasteiger partial charge >= 0.3 is 17.9 Å². The number of nitrogens with zero attached hydrogens (tertiary/aromatic N) is 1. The minimum atomic E-state index is -1.52. The van der Waals surface area contributed by atoms with Crippen LogP contribution in [0.4, 0.5) is 0 Å². The third-order valence-electron chi connectivity index (χ3n) is 12.1. The van der Waals surface area contributed by atoms with Crippen molar-refractivity contribution >= 4 is 17.9 Å². The molecule has 0 rings (SSSR count). The van der Waals surface area contributed by atoms with Crippen LogP contribution >= 0.6 is 0 Å². The van der Waals surface area contributed by atoms with Crippen LogP contribution in [0.15, 0.2) is 146 Å². The van der Waals surface area contributed by atoms with Gasteiger partial charge in [-0.15, -0.1) is 0 Å². The summed E-state index contributed by atoms with van der Waals surface area (Å²) in [6, 6.07) is 0. The molecule has 0 radical (unpaired) electrons. The zero-order chi connectivity index (χ0) is 56.2. The molecule has 9 nitrogen and oxygen atoms in total. The van der Waals surface area contributed by atoms with Crippen LogP contribution in [0.1, 0.15) is 206 Å². The number of rotatable bonds is 53. The van der Waals surface area contributed by atoms with E-state index in [1.807, 2.05) is 21.1 Å². The summed E-state index contributed by atoms with van der Waals surface area (Å²) in [4.78, 5) is 37.3. The standard InChI is InChI=1S/C68H109NO8/c1-6-8-10-12-14-16-18-20-21-22-23-24-25-26-27-28-29-30-31-32-33-34-35-36-37-38-39-40-41-42-43-44-45-47-49-51-53-55-57-59-66(71)77-64(63-76-68(67(72)73)74-61-60-69(3,4)5)62-75-65(70)58-56-54-52-50-48-46-19-17-15-13-11-9-7-2/h8,10-11,13-14,16-17,19-21,23-24,26-27,29-30,32-33,35-36,38-39,41-42,64,68H,6-7,9,12,15,18,22,25,28,31,34,37,40,43-63H2,1-5H3/p+1/b10-8-,13-11-,16-14-,19-17-,21-20-,24-23-,27-26-,30-29-,33-32-,36-35-,39-38-,42-41-. The molecule has 0 bridgehead atoms. The molecule has 0 saturated heterocycles. The SMILES string of the molecule is CC/C=C\C/C=C\C/C=C\C/C=C\C/C=C\C/C=C\C/C=C\C/C=C\C/C=C\C/C=C\CCCCCCCCCCC(=O)OC(COC(=O)CCCCCCC/C=C\C/C=C\CCC)COC(OCC[N+](C)(C)C)C(=O)O. The number of hydrogen-bond donors (Lipinski definition) is 1. The Bertz CT molecular complexity index is 1770. The smallest absolute Gasteiger partial charge is 0.361 e. The number of quaternary nitrogens is 1. The predicted octanol–water partition coefficient (Wildman–Crippen LogP) is 18.0. The molecule has 2 unspecified atom stereocenters. The summed E-state index contributed by atoms with van der Waals surface area (Å²) in [5, 5.41) is 9.69. The fraction of sp³-hybridized carbons (Fsp3) is 0.603. The molecule has 0 fully saturated rings. The molecule has 9 heteroatoms. The number of esters is 2. The maximum atomic E-state index is 12.9. The van der Waals surface area contributed by atoms with Gasteiger partial charge in [-0.3, -0.25) is 9.59 Å². The highest BCUT2D eigenvalue weighted by Crippen LogP contribution is 2.14. The fourth-order valence-corrected chi connectivity index (χ4v) is 7.49. The summed E-state index contributed by atoms with van der Waals surface area (Å²) in [6.07, 6.45) is 80.8. The Labute approximate surface area is 471 Å². The van der Waals surface area contributed by atoms with E-state index < -0.39 is 24.3 Å². The Morgan fingerprint density at radius 1 is 0.403 bits per heavy atom. The molecule has 0 saturated carbocycles. The van der Waals surface area contributed by atoms with Crippen molar-refractivity contribution in [3.8, 4) is 0 Å². The van der Waals surface area contributed by atoms with Crippen molar-refractivity contribution in [2.75, 3.05) is 47.5 Å². The first kappa shape index (κ1) is 72.2. The van der Waals surface area contributed by atoms with Crippen molar-refractivity contribution < 1.29 is 42.9 Å². The molecule has 1 N–H and O–H groups in total.